The van der Waals surface area contributed by atoms with Gasteiger partial charge in [0.1, 0.15) is 11.6 Å². The van der Waals surface area contributed by atoms with E-state index in [1.165, 1.54) is 0 Å². The molecule has 1 aliphatic carbocycles. The first-order chi connectivity index (χ1) is 19.4. The zero-order chi connectivity index (χ0) is 28.4. The second kappa shape index (κ2) is 11.9. The summed E-state index contributed by atoms with van der Waals surface area (Å²) in [6, 6.07) is 8.39. The van der Waals surface area contributed by atoms with Crippen molar-refractivity contribution in [2.24, 2.45) is 11.8 Å². The van der Waals surface area contributed by atoms with Crippen molar-refractivity contribution in [2.45, 2.75) is 88.2 Å². The third-order valence-corrected chi connectivity index (χ3v) is 9.50. The third kappa shape index (κ3) is 4.79. The van der Waals surface area contributed by atoms with Crippen LogP contribution in [0.3, 0.4) is 0 Å². The van der Waals surface area contributed by atoms with E-state index in [1.54, 1.807) is 28.9 Å². The van der Waals surface area contributed by atoms with Crippen LogP contribution < -0.4 is 0 Å². The summed E-state index contributed by atoms with van der Waals surface area (Å²) >= 11 is 0. The molecular weight excluding hydrogens is 506 g/mol. The van der Waals surface area contributed by atoms with Gasteiger partial charge in [0.15, 0.2) is 0 Å². The van der Waals surface area contributed by atoms with Crippen LogP contribution >= 0.6 is 0 Å². The summed E-state index contributed by atoms with van der Waals surface area (Å²) in [6.07, 6.45) is 9.31. The van der Waals surface area contributed by atoms with E-state index >= 15 is 0 Å². The van der Waals surface area contributed by atoms with E-state index in [-0.39, 0.29) is 30.4 Å². The molecule has 6 atom stereocenters. The Kier molecular flexibility index (Phi) is 8.47. The van der Waals surface area contributed by atoms with Gasteiger partial charge in [-0.3, -0.25) is 14.4 Å². The van der Waals surface area contributed by atoms with E-state index in [1.807, 2.05) is 35.2 Å². The minimum atomic E-state index is -1.08. The van der Waals surface area contributed by atoms with Crippen molar-refractivity contribution in [1.29, 1.82) is 0 Å². The van der Waals surface area contributed by atoms with Crippen LogP contribution in [0.4, 0.5) is 0 Å². The molecule has 3 amide bonds. The van der Waals surface area contributed by atoms with Gasteiger partial charge in [0.25, 0.3) is 0 Å². The molecule has 2 unspecified atom stereocenters. The molecule has 2 bridgehead atoms. The predicted molar refractivity (Wildman–Crippen MR) is 152 cm³/mol. The van der Waals surface area contributed by atoms with Crippen LogP contribution in [0.2, 0.25) is 0 Å². The van der Waals surface area contributed by atoms with E-state index < -0.39 is 35.6 Å². The normalized spacial score (nSPS) is 30.1. The minimum Gasteiger partial charge on any atom is -0.394 e. The van der Waals surface area contributed by atoms with E-state index in [0.717, 1.165) is 37.7 Å². The summed E-state index contributed by atoms with van der Waals surface area (Å²) < 4.78 is 6.65. The van der Waals surface area contributed by atoms with Crippen molar-refractivity contribution >= 4 is 17.7 Å². The summed E-state index contributed by atoms with van der Waals surface area (Å²) in [6.45, 7) is 10.4. The molecule has 3 aliphatic heterocycles. The first kappa shape index (κ1) is 28.6. The summed E-state index contributed by atoms with van der Waals surface area (Å²) in [5, 5.41) is 10.2. The molecule has 0 aromatic heterocycles. The Hall–Kier alpha value is -2.97. The van der Waals surface area contributed by atoms with Gasteiger partial charge in [-0.25, -0.2) is 0 Å². The zero-order valence-corrected chi connectivity index (χ0v) is 23.6. The van der Waals surface area contributed by atoms with Crippen LogP contribution in [0.15, 0.2) is 55.6 Å². The molecule has 1 spiro atoms. The number of fused-ring (bicyclic) bond motifs is 1. The molecule has 3 saturated heterocycles. The molecule has 4 fully saturated rings. The fourth-order valence-electron chi connectivity index (χ4n) is 7.72. The Morgan fingerprint density at radius 2 is 1.80 bits per heavy atom. The fraction of sp³-hybridized carbons (Fsp3) is 0.594. The van der Waals surface area contributed by atoms with Gasteiger partial charge in [0.05, 0.1) is 30.6 Å². The Balaban J connectivity index is 1.50. The van der Waals surface area contributed by atoms with Crippen LogP contribution in [0.25, 0.3) is 0 Å². The van der Waals surface area contributed by atoms with Gasteiger partial charge < -0.3 is 24.5 Å². The van der Waals surface area contributed by atoms with Gasteiger partial charge >= 0.3 is 0 Å². The van der Waals surface area contributed by atoms with E-state index in [0.29, 0.717) is 32.5 Å². The Labute approximate surface area is 237 Å². The number of hydrogen-bond acceptors (Lipinski definition) is 5. The van der Waals surface area contributed by atoms with Gasteiger partial charge in [-0.1, -0.05) is 61.7 Å². The lowest BCUT2D eigenvalue weighted by Crippen LogP contribution is -2.60. The maximum Gasteiger partial charge on any atom is 0.248 e. The molecular formula is C32H43N3O5. The highest BCUT2D eigenvalue weighted by atomic mass is 16.5. The number of carbonyl (C=O) groups excluding carboxylic acids is 3. The van der Waals surface area contributed by atoms with Crippen molar-refractivity contribution in [1.82, 2.24) is 14.7 Å². The average molecular weight is 550 g/mol. The number of likely N-dealkylation sites (tertiary alicyclic amines) is 1. The molecule has 1 N–H and O–H groups in total. The molecule has 1 aromatic carbocycles. The molecule has 3 heterocycles. The maximum atomic E-state index is 14.5. The molecule has 5 rings (SSSR count). The highest BCUT2D eigenvalue weighted by molar-refractivity contribution is 5.99. The van der Waals surface area contributed by atoms with Crippen molar-refractivity contribution in [3.05, 3.63) is 61.2 Å². The fourth-order valence-corrected chi connectivity index (χ4v) is 7.72. The average Bonchev–Trinajstić information content (AvgIpc) is 3.63. The molecule has 1 saturated carbocycles. The molecule has 0 radical (unpaired) electrons. The monoisotopic (exact) mass is 549 g/mol. The number of aliphatic hydroxyl groups is 1. The molecule has 8 nitrogen and oxygen atoms in total. The van der Waals surface area contributed by atoms with Crippen LogP contribution in [0, 0.1) is 11.8 Å². The third-order valence-electron chi connectivity index (χ3n) is 9.50. The van der Waals surface area contributed by atoms with Gasteiger partial charge in [-0.15, -0.1) is 13.2 Å². The number of ether oxygens (including phenoxy) is 1. The van der Waals surface area contributed by atoms with Crippen LogP contribution in [0.5, 0.6) is 0 Å². The first-order valence-electron chi connectivity index (χ1n) is 14.8. The van der Waals surface area contributed by atoms with E-state index in [9.17, 15) is 19.5 Å². The highest BCUT2D eigenvalue weighted by Crippen LogP contribution is 2.59. The molecule has 1 aromatic rings. The lowest BCUT2D eigenvalue weighted by atomic mass is 9.70. The van der Waals surface area contributed by atoms with Gasteiger partial charge in [0.2, 0.25) is 17.7 Å². The van der Waals surface area contributed by atoms with Crippen LogP contribution in [-0.2, 0) is 25.7 Å². The largest absolute Gasteiger partial charge is 0.394 e. The summed E-state index contributed by atoms with van der Waals surface area (Å²) in [5.41, 5.74) is -0.0890. The Morgan fingerprint density at radius 1 is 1.10 bits per heavy atom. The van der Waals surface area contributed by atoms with Gasteiger partial charge in [-0.2, -0.15) is 0 Å². The van der Waals surface area contributed by atoms with E-state index in [4.69, 9.17) is 4.74 Å². The second-order valence-corrected chi connectivity index (χ2v) is 11.9. The zero-order valence-electron chi connectivity index (χ0n) is 23.6. The lowest BCUT2D eigenvalue weighted by Gasteiger charge is -2.41. The minimum absolute atomic E-state index is 0.0843. The SMILES string of the molecule is C=CCN(Cc1ccccc1)C(=O)[C@@H]1[C@@H]2CCC3(O2)C(C(=O)N(CC=C)C2CCCCC2)N([C@H](C)CO)C(=O)[C@H]13. The quantitative estimate of drug-likeness (QED) is 0.428. The number of nitrogens with zero attached hydrogens (tertiary/aromatic N) is 3. The molecule has 40 heavy (non-hydrogen) atoms. The first-order valence-corrected chi connectivity index (χ1v) is 14.8. The number of aliphatic hydroxyl groups excluding tert-OH is 1. The van der Waals surface area contributed by atoms with Crippen molar-refractivity contribution in [2.75, 3.05) is 19.7 Å². The van der Waals surface area contributed by atoms with Crippen LogP contribution in [0.1, 0.15) is 57.4 Å². The Bertz CT molecular complexity index is 1120. The Morgan fingerprint density at radius 3 is 2.45 bits per heavy atom. The molecule has 216 valence electrons. The standard InChI is InChI=1S/C32H43N3O5/c1-4-18-33(20-23-12-8-6-9-13-23)29(37)26-25-16-17-32(40-25)27(26)30(38)35(22(3)21-36)28(32)31(39)34(19-5-2)24-14-10-7-11-15-24/h4-6,8-9,12-13,22,24-28,36H,1-2,7,10-11,14-21H2,3H3/t22-,25+,26-,27+,28?,32?/m1/s1. The van der Waals surface area contributed by atoms with Crippen molar-refractivity contribution in [3.63, 3.8) is 0 Å². The van der Waals surface area contributed by atoms with Crippen molar-refractivity contribution < 1.29 is 24.2 Å². The van der Waals surface area contributed by atoms with Gasteiger partial charge in [0, 0.05) is 25.7 Å². The highest BCUT2D eigenvalue weighted by Gasteiger charge is 2.75. The molecule has 4 aliphatic rings. The van der Waals surface area contributed by atoms with E-state index in [2.05, 4.69) is 13.2 Å². The maximum absolute atomic E-state index is 14.5. The summed E-state index contributed by atoms with van der Waals surface area (Å²) in [5.74, 6) is -2.00. The summed E-state index contributed by atoms with van der Waals surface area (Å²) in [4.78, 5) is 48.1. The number of rotatable bonds is 11. The smallest absolute Gasteiger partial charge is 0.248 e. The second-order valence-electron chi connectivity index (χ2n) is 11.9. The topological polar surface area (TPSA) is 90.4 Å². The van der Waals surface area contributed by atoms with Crippen molar-refractivity contribution in [3.8, 4) is 0 Å². The lowest BCUT2D eigenvalue weighted by molar-refractivity contribution is -0.153. The number of carbonyl (C=O) groups is 3. The summed E-state index contributed by atoms with van der Waals surface area (Å²) in [7, 11) is 0. The number of amides is 3. The predicted octanol–water partition coefficient (Wildman–Crippen LogP) is 3.30. The number of benzene rings is 1. The number of hydrogen-bond donors (Lipinski definition) is 1. The van der Waals surface area contributed by atoms with Crippen LogP contribution in [-0.4, -0.2) is 87.1 Å². The van der Waals surface area contributed by atoms with Gasteiger partial charge in [-0.05, 0) is 38.2 Å². The molecule has 8 heteroatoms.